The zero-order chi connectivity index (χ0) is 16.4. The van der Waals surface area contributed by atoms with E-state index >= 15 is 0 Å². The van der Waals surface area contributed by atoms with Crippen LogP contribution in [0.2, 0.25) is 0 Å². The molecule has 0 radical (unpaired) electrons. The van der Waals surface area contributed by atoms with Gasteiger partial charge in [0.2, 0.25) is 5.91 Å². The number of nitriles is 1. The van der Waals surface area contributed by atoms with Crippen molar-refractivity contribution >= 4 is 46.4 Å². The number of fused-ring (bicyclic) bond motifs is 1. The topological polar surface area (TPSA) is 81.6 Å². The van der Waals surface area contributed by atoms with Crippen molar-refractivity contribution in [1.82, 2.24) is 9.97 Å². The average Bonchev–Trinajstić information content (AvgIpc) is 3.04. The van der Waals surface area contributed by atoms with Crippen LogP contribution in [-0.4, -0.2) is 21.6 Å². The van der Waals surface area contributed by atoms with Gasteiger partial charge in [-0.1, -0.05) is 11.8 Å². The van der Waals surface area contributed by atoms with E-state index in [1.807, 2.05) is 13.8 Å². The second kappa shape index (κ2) is 8.06. The number of hydrogen-bond donors (Lipinski definition) is 2. The van der Waals surface area contributed by atoms with Crippen LogP contribution in [0, 0.1) is 25.2 Å². The number of thiophene rings is 1. The molecule has 0 saturated heterocycles. The second-order valence-corrected chi connectivity index (χ2v) is 7.69. The minimum absolute atomic E-state index is 0. The molecular weight excluding hydrogens is 364 g/mol. The molecule has 0 aromatic carbocycles. The van der Waals surface area contributed by atoms with Gasteiger partial charge in [0.15, 0.2) is 5.16 Å². The van der Waals surface area contributed by atoms with Crippen LogP contribution in [0.15, 0.2) is 5.16 Å². The summed E-state index contributed by atoms with van der Waals surface area (Å²) < 4.78 is 0. The third-order valence-corrected chi connectivity index (χ3v) is 6.06. The number of thioether (sulfide) groups is 1. The van der Waals surface area contributed by atoms with Crippen molar-refractivity contribution in [1.29, 1.82) is 5.26 Å². The standard InChI is InChI=1S/C16H18N4OS2.ClH/c1-9-10(2)19-16(18-9)22-8-14(21)20-15-12(7-17)11-5-3-4-6-13(11)23-15;/h3-6,8H2,1-2H3,(H,18,19)(H,20,21);1H. The predicted octanol–water partition coefficient (Wildman–Crippen LogP) is 3.99. The second-order valence-electron chi connectivity index (χ2n) is 5.62. The number of anilines is 1. The molecule has 8 heteroatoms. The fraction of sp³-hybridized carbons (Fsp3) is 0.438. The van der Waals surface area contributed by atoms with Crippen LogP contribution >= 0.6 is 35.5 Å². The molecule has 2 heterocycles. The molecule has 1 aliphatic carbocycles. The maximum Gasteiger partial charge on any atom is 0.235 e. The summed E-state index contributed by atoms with van der Waals surface area (Å²) in [7, 11) is 0. The van der Waals surface area contributed by atoms with Gasteiger partial charge in [-0.2, -0.15) is 5.26 Å². The van der Waals surface area contributed by atoms with Crippen LogP contribution in [-0.2, 0) is 17.6 Å². The monoisotopic (exact) mass is 382 g/mol. The number of amides is 1. The Labute approximate surface area is 155 Å². The molecule has 0 bridgehead atoms. The molecule has 1 amide bonds. The first-order valence-corrected chi connectivity index (χ1v) is 9.39. The van der Waals surface area contributed by atoms with E-state index in [0.29, 0.717) is 10.6 Å². The Morgan fingerprint density at radius 3 is 2.83 bits per heavy atom. The van der Waals surface area contributed by atoms with Gasteiger partial charge in [0.05, 0.1) is 17.0 Å². The highest BCUT2D eigenvalue weighted by Gasteiger charge is 2.21. The van der Waals surface area contributed by atoms with E-state index in [1.165, 1.54) is 23.1 Å². The average molecular weight is 383 g/mol. The molecular formula is C16H19ClN4OS2. The SMILES string of the molecule is Cc1nc(SCC(=O)Nc2sc3c(c2C#N)CCCC3)[nH]c1C.Cl. The Morgan fingerprint density at radius 1 is 1.42 bits per heavy atom. The third-order valence-electron chi connectivity index (χ3n) is 3.98. The summed E-state index contributed by atoms with van der Waals surface area (Å²) in [5.74, 6) is 0.177. The van der Waals surface area contributed by atoms with Crippen molar-refractivity contribution in [3.05, 3.63) is 27.4 Å². The van der Waals surface area contributed by atoms with Crippen molar-refractivity contribution in [2.75, 3.05) is 11.1 Å². The first-order chi connectivity index (χ1) is 11.1. The van der Waals surface area contributed by atoms with Gasteiger partial charge in [0, 0.05) is 10.6 Å². The number of rotatable bonds is 4. The number of carbonyl (C=O) groups is 1. The summed E-state index contributed by atoms with van der Waals surface area (Å²) in [5.41, 5.74) is 3.77. The van der Waals surface area contributed by atoms with E-state index in [0.717, 1.165) is 41.4 Å². The summed E-state index contributed by atoms with van der Waals surface area (Å²) in [6, 6.07) is 2.26. The number of aromatic amines is 1. The van der Waals surface area contributed by atoms with Gasteiger partial charge in [-0.15, -0.1) is 23.7 Å². The van der Waals surface area contributed by atoms with Gasteiger partial charge >= 0.3 is 0 Å². The molecule has 0 saturated carbocycles. The molecule has 24 heavy (non-hydrogen) atoms. The molecule has 3 rings (SSSR count). The van der Waals surface area contributed by atoms with Gasteiger partial charge in [-0.25, -0.2) is 4.98 Å². The number of nitrogens with one attached hydrogen (secondary N) is 2. The molecule has 5 nitrogen and oxygen atoms in total. The highest BCUT2D eigenvalue weighted by atomic mass is 35.5. The molecule has 0 atom stereocenters. The molecule has 0 fully saturated rings. The van der Waals surface area contributed by atoms with E-state index in [9.17, 15) is 10.1 Å². The number of imidazole rings is 1. The molecule has 0 spiro atoms. The van der Waals surface area contributed by atoms with Crippen LogP contribution in [0.25, 0.3) is 0 Å². The largest absolute Gasteiger partial charge is 0.337 e. The zero-order valence-corrected chi connectivity index (χ0v) is 16.0. The van der Waals surface area contributed by atoms with E-state index in [-0.39, 0.29) is 24.1 Å². The Morgan fingerprint density at radius 2 is 2.17 bits per heavy atom. The number of aryl methyl sites for hydroxylation is 3. The van der Waals surface area contributed by atoms with E-state index in [1.54, 1.807) is 11.3 Å². The summed E-state index contributed by atoms with van der Waals surface area (Å²) in [4.78, 5) is 20.9. The van der Waals surface area contributed by atoms with Crippen LogP contribution in [0.1, 0.15) is 40.2 Å². The van der Waals surface area contributed by atoms with E-state index in [2.05, 4.69) is 21.4 Å². The highest BCUT2D eigenvalue weighted by Crippen LogP contribution is 2.37. The quantitative estimate of drug-likeness (QED) is 0.783. The van der Waals surface area contributed by atoms with Gasteiger partial charge in [0.25, 0.3) is 0 Å². The predicted molar refractivity (Wildman–Crippen MR) is 100 cm³/mol. The highest BCUT2D eigenvalue weighted by molar-refractivity contribution is 7.99. The molecule has 128 valence electrons. The number of halogens is 1. The minimum atomic E-state index is -0.100. The lowest BCUT2D eigenvalue weighted by atomic mass is 9.96. The third kappa shape index (κ3) is 3.94. The lowest BCUT2D eigenvalue weighted by Crippen LogP contribution is -2.14. The Balaban J connectivity index is 0.00000208. The maximum atomic E-state index is 12.2. The summed E-state index contributed by atoms with van der Waals surface area (Å²) in [5, 5.41) is 13.8. The molecule has 2 N–H and O–H groups in total. The van der Waals surface area contributed by atoms with E-state index < -0.39 is 0 Å². The smallest absolute Gasteiger partial charge is 0.235 e. The van der Waals surface area contributed by atoms with Crippen molar-refractivity contribution in [3.63, 3.8) is 0 Å². The summed E-state index contributed by atoms with van der Waals surface area (Å²) in [6.07, 6.45) is 4.26. The number of carbonyl (C=O) groups excluding carboxylic acids is 1. The van der Waals surface area contributed by atoms with Crippen molar-refractivity contribution in [2.45, 2.75) is 44.7 Å². The van der Waals surface area contributed by atoms with Crippen molar-refractivity contribution < 1.29 is 4.79 Å². The first-order valence-electron chi connectivity index (χ1n) is 7.59. The molecule has 1 aliphatic rings. The summed E-state index contributed by atoms with van der Waals surface area (Å²) >= 11 is 2.93. The van der Waals surface area contributed by atoms with Gasteiger partial charge in [-0.3, -0.25) is 4.79 Å². The number of nitrogens with zero attached hydrogens (tertiary/aromatic N) is 2. The van der Waals surface area contributed by atoms with Gasteiger partial charge in [0.1, 0.15) is 11.1 Å². The maximum absolute atomic E-state index is 12.2. The number of aromatic nitrogens is 2. The Hall–Kier alpha value is -1.49. The van der Waals surface area contributed by atoms with Gasteiger partial charge < -0.3 is 10.3 Å². The fourth-order valence-electron chi connectivity index (χ4n) is 2.65. The molecule has 0 unspecified atom stereocenters. The van der Waals surface area contributed by atoms with Crippen LogP contribution in [0.3, 0.4) is 0 Å². The molecule has 2 aromatic rings. The Bertz CT molecular complexity index is 771. The molecule has 2 aromatic heterocycles. The number of H-pyrrole nitrogens is 1. The lowest BCUT2D eigenvalue weighted by Gasteiger charge is -2.09. The van der Waals surface area contributed by atoms with Crippen LogP contribution < -0.4 is 5.32 Å². The number of hydrogen-bond acceptors (Lipinski definition) is 5. The normalized spacial score (nSPS) is 12.9. The fourth-order valence-corrected chi connectivity index (χ4v) is 4.67. The zero-order valence-electron chi connectivity index (χ0n) is 13.6. The Kier molecular flexibility index (Phi) is 6.33. The van der Waals surface area contributed by atoms with Crippen molar-refractivity contribution in [2.24, 2.45) is 0 Å². The summed E-state index contributed by atoms with van der Waals surface area (Å²) in [6.45, 7) is 3.90. The molecule has 0 aliphatic heterocycles. The van der Waals surface area contributed by atoms with Crippen LogP contribution in [0.5, 0.6) is 0 Å². The lowest BCUT2D eigenvalue weighted by molar-refractivity contribution is -0.113. The van der Waals surface area contributed by atoms with Gasteiger partial charge in [-0.05, 0) is 45.1 Å². The van der Waals surface area contributed by atoms with E-state index in [4.69, 9.17) is 0 Å². The van der Waals surface area contributed by atoms with Crippen molar-refractivity contribution in [3.8, 4) is 6.07 Å². The minimum Gasteiger partial charge on any atom is -0.337 e. The first kappa shape index (κ1) is 18.8. The van der Waals surface area contributed by atoms with Crippen LogP contribution in [0.4, 0.5) is 5.00 Å².